The van der Waals surface area contributed by atoms with Crippen molar-refractivity contribution in [3.8, 4) is 6.07 Å². The standard InChI is InChI=1S/C14H14N4S/c15-7-10-6-11(16)8-17-14(10)18(12-3-4-12)9-13-2-1-5-19-13/h1-2,5-6,8,12H,3-4,9,16H2. The molecule has 0 bridgehead atoms. The first-order valence-electron chi connectivity index (χ1n) is 6.22. The van der Waals surface area contributed by atoms with Crippen LogP contribution in [-0.4, -0.2) is 11.0 Å². The number of rotatable bonds is 4. The van der Waals surface area contributed by atoms with Crippen molar-refractivity contribution in [3.63, 3.8) is 0 Å². The minimum atomic E-state index is 0.505. The van der Waals surface area contributed by atoms with Crippen LogP contribution in [0.4, 0.5) is 11.5 Å². The van der Waals surface area contributed by atoms with E-state index in [-0.39, 0.29) is 0 Å². The summed E-state index contributed by atoms with van der Waals surface area (Å²) in [5, 5.41) is 11.3. The average Bonchev–Trinajstić information content (AvgIpc) is 3.13. The third kappa shape index (κ3) is 2.54. The molecule has 2 heterocycles. The van der Waals surface area contributed by atoms with Gasteiger partial charge in [-0.05, 0) is 30.4 Å². The van der Waals surface area contributed by atoms with Crippen LogP contribution in [-0.2, 0) is 6.54 Å². The van der Waals surface area contributed by atoms with E-state index in [1.54, 1.807) is 23.6 Å². The quantitative estimate of drug-likeness (QED) is 0.927. The molecule has 0 saturated heterocycles. The summed E-state index contributed by atoms with van der Waals surface area (Å²) >= 11 is 1.73. The second-order valence-electron chi connectivity index (χ2n) is 4.69. The van der Waals surface area contributed by atoms with Crippen LogP contribution >= 0.6 is 11.3 Å². The highest BCUT2D eigenvalue weighted by Crippen LogP contribution is 2.34. The lowest BCUT2D eigenvalue weighted by Crippen LogP contribution is -2.26. The van der Waals surface area contributed by atoms with Gasteiger partial charge < -0.3 is 10.6 Å². The van der Waals surface area contributed by atoms with Crippen LogP contribution < -0.4 is 10.6 Å². The molecule has 0 unspecified atom stereocenters. The maximum absolute atomic E-state index is 9.25. The second kappa shape index (κ2) is 4.90. The number of thiophene rings is 1. The van der Waals surface area contributed by atoms with Crippen molar-refractivity contribution in [1.82, 2.24) is 4.98 Å². The zero-order chi connectivity index (χ0) is 13.2. The molecule has 0 atom stereocenters. The van der Waals surface area contributed by atoms with Gasteiger partial charge in [0.1, 0.15) is 11.9 Å². The molecule has 3 rings (SSSR count). The molecule has 96 valence electrons. The minimum absolute atomic E-state index is 0.505. The Morgan fingerprint density at radius 3 is 3.00 bits per heavy atom. The molecule has 1 aliphatic rings. The summed E-state index contributed by atoms with van der Waals surface area (Å²) < 4.78 is 0. The first-order chi connectivity index (χ1) is 9.28. The summed E-state index contributed by atoms with van der Waals surface area (Å²) in [6, 6.07) is 8.57. The fraction of sp³-hybridized carbons (Fsp3) is 0.286. The predicted molar refractivity (Wildman–Crippen MR) is 76.9 cm³/mol. The number of nitrogens with two attached hydrogens (primary N) is 1. The molecule has 0 radical (unpaired) electrons. The zero-order valence-corrected chi connectivity index (χ0v) is 11.2. The number of nitrogens with zero attached hydrogens (tertiary/aromatic N) is 3. The summed E-state index contributed by atoms with van der Waals surface area (Å²) in [6.07, 6.45) is 3.96. The predicted octanol–water partition coefficient (Wildman–Crippen LogP) is 2.77. The van der Waals surface area contributed by atoms with Gasteiger partial charge in [0.25, 0.3) is 0 Å². The molecule has 0 aliphatic heterocycles. The van der Waals surface area contributed by atoms with Gasteiger partial charge in [-0.15, -0.1) is 11.3 Å². The number of nitriles is 1. The Kier molecular flexibility index (Phi) is 3.10. The Morgan fingerprint density at radius 2 is 2.37 bits per heavy atom. The van der Waals surface area contributed by atoms with Crippen molar-refractivity contribution in [2.75, 3.05) is 10.6 Å². The van der Waals surface area contributed by atoms with Crippen LogP contribution in [0.5, 0.6) is 0 Å². The normalized spacial score (nSPS) is 14.1. The molecule has 2 aromatic rings. The van der Waals surface area contributed by atoms with Gasteiger partial charge >= 0.3 is 0 Å². The first kappa shape index (κ1) is 12.0. The maximum atomic E-state index is 9.25. The lowest BCUT2D eigenvalue weighted by atomic mass is 10.2. The number of pyridine rings is 1. The molecule has 2 N–H and O–H groups in total. The summed E-state index contributed by atoms with van der Waals surface area (Å²) in [5.41, 5.74) is 6.79. The van der Waals surface area contributed by atoms with E-state index in [2.05, 4.69) is 27.4 Å². The highest BCUT2D eigenvalue weighted by atomic mass is 32.1. The number of anilines is 2. The van der Waals surface area contributed by atoms with Gasteiger partial charge in [0.15, 0.2) is 0 Å². The van der Waals surface area contributed by atoms with Gasteiger partial charge in [0.05, 0.1) is 24.0 Å². The highest BCUT2D eigenvalue weighted by Gasteiger charge is 2.31. The number of nitrogen functional groups attached to an aromatic ring is 1. The molecule has 4 nitrogen and oxygen atoms in total. The van der Waals surface area contributed by atoms with Gasteiger partial charge in [-0.1, -0.05) is 6.07 Å². The lowest BCUT2D eigenvalue weighted by molar-refractivity contribution is 0.785. The van der Waals surface area contributed by atoms with E-state index >= 15 is 0 Å². The van der Waals surface area contributed by atoms with Gasteiger partial charge in [-0.2, -0.15) is 5.26 Å². The van der Waals surface area contributed by atoms with Gasteiger partial charge in [-0.25, -0.2) is 4.98 Å². The van der Waals surface area contributed by atoms with Crippen LogP contribution in [0.15, 0.2) is 29.8 Å². The molecule has 19 heavy (non-hydrogen) atoms. The Labute approximate surface area is 116 Å². The van der Waals surface area contributed by atoms with E-state index in [0.29, 0.717) is 17.3 Å². The molecule has 0 amide bonds. The van der Waals surface area contributed by atoms with Crippen molar-refractivity contribution in [2.45, 2.75) is 25.4 Å². The van der Waals surface area contributed by atoms with Crippen LogP contribution in [0, 0.1) is 11.3 Å². The largest absolute Gasteiger partial charge is 0.397 e. The van der Waals surface area contributed by atoms with E-state index in [1.807, 2.05) is 6.07 Å². The van der Waals surface area contributed by atoms with Crippen molar-refractivity contribution < 1.29 is 0 Å². The van der Waals surface area contributed by atoms with Crippen LogP contribution in [0.2, 0.25) is 0 Å². The molecule has 1 aliphatic carbocycles. The molecule has 5 heteroatoms. The maximum Gasteiger partial charge on any atom is 0.147 e. The molecular formula is C14H14N4S. The third-order valence-corrected chi connectivity index (χ3v) is 4.04. The number of aromatic nitrogens is 1. The third-order valence-electron chi connectivity index (χ3n) is 3.17. The van der Waals surface area contributed by atoms with Crippen molar-refractivity contribution in [3.05, 3.63) is 40.2 Å². The first-order valence-corrected chi connectivity index (χ1v) is 7.10. The number of hydrogen-bond acceptors (Lipinski definition) is 5. The smallest absolute Gasteiger partial charge is 0.147 e. The number of hydrogen-bond donors (Lipinski definition) is 1. The Bertz CT molecular complexity index is 611. The van der Waals surface area contributed by atoms with Crippen LogP contribution in [0.25, 0.3) is 0 Å². The minimum Gasteiger partial charge on any atom is -0.397 e. The Balaban J connectivity index is 1.94. The van der Waals surface area contributed by atoms with Crippen molar-refractivity contribution >= 4 is 22.8 Å². The monoisotopic (exact) mass is 270 g/mol. The lowest BCUT2D eigenvalue weighted by Gasteiger charge is -2.23. The Morgan fingerprint density at radius 1 is 1.53 bits per heavy atom. The highest BCUT2D eigenvalue weighted by molar-refractivity contribution is 7.09. The van der Waals surface area contributed by atoms with E-state index in [1.165, 1.54) is 17.7 Å². The molecule has 1 fully saturated rings. The van der Waals surface area contributed by atoms with Crippen molar-refractivity contribution in [1.29, 1.82) is 5.26 Å². The topological polar surface area (TPSA) is 65.9 Å². The van der Waals surface area contributed by atoms with Crippen LogP contribution in [0.3, 0.4) is 0 Å². The summed E-state index contributed by atoms with van der Waals surface area (Å²) in [4.78, 5) is 7.89. The molecule has 2 aromatic heterocycles. The van der Waals surface area contributed by atoms with E-state index in [9.17, 15) is 5.26 Å². The summed E-state index contributed by atoms with van der Waals surface area (Å²) in [7, 11) is 0. The summed E-state index contributed by atoms with van der Waals surface area (Å²) in [6.45, 7) is 0.813. The molecule has 0 spiro atoms. The fourth-order valence-electron chi connectivity index (χ4n) is 2.12. The molecule has 1 saturated carbocycles. The molecular weight excluding hydrogens is 256 g/mol. The van der Waals surface area contributed by atoms with E-state index in [0.717, 1.165) is 12.4 Å². The van der Waals surface area contributed by atoms with Crippen LogP contribution in [0.1, 0.15) is 23.3 Å². The van der Waals surface area contributed by atoms with E-state index in [4.69, 9.17) is 5.73 Å². The van der Waals surface area contributed by atoms with Gasteiger partial charge in [0, 0.05) is 10.9 Å². The summed E-state index contributed by atoms with van der Waals surface area (Å²) in [5.74, 6) is 0.757. The zero-order valence-electron chi connectivity index (χ0n) is 10.4. The fourth-order valence-corrected chi connectivity index (χ4v) is 2.82. The Hall–Kier alpha value is -2.06. The van der Waals surface area contributed by atoms with Gasteiger partial charge in [0.2, 0.25) is 0 Å². The van der Waals surface area contributed by atoms with E-state index < -0.39 is 0 Å². The second-order valence-corrected chi connectivity index (χ2v) is 5.72. The average molecular weight is 270 g/mol. The van der Waals surface area contributed by atoms with Crippen molar-refractivity contribution in [2.24, 2.45) is 0 Å². The molecule has 0 aromatic carbocycles. The van der Waals surface area contributed by atoms with Gasteiger partial charge in [-0.3, -0.25) is 0 Å². The SMILES string of the molecule is N#Cc1cc(N)cnc1N(Cc1cccs1)C1CC1.